The van der Waals surface area contributed by atoms with Crippen LogP contribution in [0.5, 0.6) is 5.75 Å². The number of aliphatic hydroxyl groups is 1. The maximum atomic E-state index is 13.8. The molecule has 0 spiro atoms. The highest BCUT2D eigenvalue weighted by molar-refractivity contribution is 6.16. The maximum absolute atomic E-state index is 13.8. The fourth-order valence-corrected chi connectivity index (χ4v) is 4.63. The van der Waals surface area contributed by atoms with Gasteiger partial charge in [0.25, 0.3) is 5.91 Å². The van der Waals surface area contributed by atoms with Crippen LogP contribution in [0.4, 0.5) is 0 Å². The Morgan fingerprint density at radius 2 is 1.83 bits per heavy atom. The zero-order chi connectivity index (χ0) is 26.2. The molecule has 0 saturated carbocycles. The van der Waals surface area contributed by atoms with Gasteiger partial charge in [0.2, 0.25) is 5.78 Å². The topological polar surface area (TPSA) is 83.2 Å². The van der Waals surface area contributed by atoms with Crippen molar-refractivity contribution in [3.8, 4) is 5.75 Å². The summed E-state index contributed by atoms with van der Waals surface area (Å²) in [6, 6.07) is 14.2. The smallest absolute Gasteiger partial charge is 0.290 e. The zero-order valence-electron chi connectivity index (χ0n) is 21.8. The molecule has 1 aromatic heterocycles. The third-order valence-corrected chi connectivity index (χ3v) is 6.60. The van der Waals surface area contributed by atoms with Crippen LogP contribution in [0.25, 0.3) is 11.0 Å². The van der Waals surface area contributed by atoms with Gasteiger partial charge in [-0.2, -0.15) is 0 Å². The van der Waals surface area contributed by atoms with Gasteiger partial charge in [0.1, 0.15) is 0 Å². The van der Waals surface area contributed by atoms with Crippen LogP contribution in [0.3, 0.4) is 0 Å². The Hall–Kier alpha value is -3.58. The Labute approximate surface area is 211 Å². The Morgan fingerprint density at radius 3 is 2.44 bits per heavy atom. The lowest BCUT2D eigenvalue weighted by molar-refractivity contribution is -0.129. The minimum atomic E-state index is -0.712. The number of aliphatic hydroxyl groups excluding tert-OH is 1. The summed E-state index contributed by atoms with van der Waals surface area (Å²) in [7, 11) is 5.47. The molecule has 1 aliphatic rings. The third kappa shape index (κ3) is 4.75. The molecule has 1 amide bonds. The van der Waals surface area contributed by atoms with E-state index in [1.54, 1.807) is 17.0 Å². The number of amides is 1. The number of furan rings is 1. The van der Waals surface area contributed by atoms with Crippen LogP contribution < -0.4 is 4.74 Å². The quantitative estimate of drug-likeness (QED) is 0.433. The first-order valence-corrected chi connectivity index (χ1v) is 12.1. The lowest BCUT2D eigenvalue weighted by Crippen LogP contribution is -2.33. The summed E-state index contributed by atoms with van der Waals surface area (Å²) in [6.45, 7) is 7.56. The van der Waals surface area contributed by atoms with Crippen LogP contribution in [0.15, 0.2) is 64.3 Å². The minimum absolute atomic E-state index is 0.0337. The average Bonchev–Trinajstić information content (AvgIpc) is 3.38. The summed E-state index contributed by atoms with van der Waals surface area (Å²) in [4.78, 5) is 30.6. The van der Waals surface area contributed by atoms with E-state index in [1.165, 1.54) is 7.11 Å². The summed E-state index contributed by atoms with van der Waals surface area (Å²) in [5.41, 5.74) is 2.34. The number of benzene rings is 2. The highest BCUT2D eigenvalue weighted by Gasteiger charge is 2.44. The Kier molecular flexibility index (Phi) is 6.96. The van der Waals surface area contributed by atoms with Crippen LogP contribution >= 0.6 is 0 Å². The van der Waals surface area contributed by atoms with Crippen LogP contribution in [-0.2, 0) is 10.2 Å². The van der Waals surface area contributed by atoms with Crippen molar-refractivity contribution in [2.24, 2.45) is 0 Å². The van der Waals surface area contributed by atoms with E-state index in [9.17, 15) is 14.7 Å². The van der Waals surface area contributed by atoms with Crippen molar-refractivity contribution in [3.63, 3.8) is 0 Å². The van der Waals surface area contributed by atoms with Crippen molar-refractivity contribution < 1.29 is 23.8 Å². The van der Waals surface area contributed by atoms with Crippen LogP contribution in [0.1, 0.15) is 54.9 Å². The number of nitrogens with zero attached hydrogens (tertiary/aromatic N) is 2. The molecule has 0 fully saturated rings. The van der Waals surface area contributed by atoms with E-state index in [4.69, 9.17) is 9.15 Å². The number of methoxy groups -OCH3 is 1. The Bertz CT molecular complexity index is 1310. The van der Waals surface area contributed by atoms with E-state index in [2.05, 4.69) is 20.8 Å². The molecule has 1 atom stereocenters. The van der Waals surface area contributed by atoms with Crippen LogP contribution in [-0.4, -0.2) is 60.9 Å². The van der Waals surface area contributed by atoms with Gasteiger partial charge in [-0.1, -0.05) is 57.2 Å². The number of rotatable bonds is 8. The number of fused-ring (bicyclic) bond motifs is 1. The maximum Gasteiger partial charge on any atom is 0.290 e. The fraction of sp³-hybridized carbons (Fsp3) is 0.379. The monoisotopic (exact) mass is 490 g/mol. The molecule has 2 aromatic carbocycles. The van der Waals surface area contributed by atoms with Gasteiger partial charge in [-0.15, -0.1) is 0 Å². The normalized spacial score (nSPS) is 16.5. The first kappa shape index (κ1) is 25.5. The largest absolute Gasteiger partial charge is 0.503 e. The molecule has 0 saturated heterocycles. The van der Waals surface area contributed by atoms with Gasteiger partial charge in [-0.3, -0.25) is 9.59 Å². The molecular weight excluding hydrogens is 456 g/mol. The van der Waals surface area contributed by atoms with Gasteiger partial charge in [0.15, 0.2) is 22.9 Å². The Balaban J connectivity index is 1.77. The van der Waals surface area contributed by atoms with Gasteiger partial charge >= 0.3 is 0 Å². The van der Waals surface area contributed by atoms with Gasteiger partial charge < -0.3 is 24.1 Å². The summed E-state index contributed by atoms with van der Waals surface area (Å²) < 4.78 is 11.2. The van der Waals surface area contributed by atoms with E-state index < -0.39 is 23.5 Å². The van der Waals surface area contributed by atoms with Crippen LogP contribution in [0, 0.1) is 0 Å². The van der Waals surface area contributed by atoms with Gasteiger partial charge in [0.05, 0.1) is 18.7 Å². The molecule has 7 nitrogen and oxygen atoms in total. The number of ether oxygens (including phenoxy) is 1. The van der Waals surface area contributed by atoms with Gasteiger partial charge in [-0.25, -0.2) is 0 Å². The number of ketones is 1. The predicted molar refractivity (Wildman–Crippen MR) is 140 cm³/mol. The van der Waals surface area contributed by atoms with E-state index in [0.29, 0.717) is 29.7 Å². The highest BCUT2D eigenvalue weighted by atomic mass is 16.5. The van der Waals surface area contributed by atoms with Crippen molar-refractivity contribution in [3.05, 3.63) is 76.8 Å². The molecule has 190 valence electrons. The number of para-hydroxylation sites is 1. The molecule has 36 heavy (non-hydrogen) atoms. The molecule has 1 aliphatic heterocycles. The average molecular weight is 491 g/mol. The number of Topliss-reactive ketones (excluding diaryl/α,β-unsaturated/α-hetero) is 1. The SMILES string of the molecule is COc1cccc2cc(C(=O)C3=C(O)C(=O)N(CCCN(C)C)[C@@H]3c3ccc(C(C)(C)C)cc3)oc12. The number of carbonyl (C=O) groups excluding carboxylic acids is 2. The van der Waals surface area contributed by atoms with E-state index in [0.717, 1.165) is 17.7 Å². The van der Waals surface area contributed by atoms with Gasteiger partial charge in [-0.05, 0) is 55.7 Å². The van der Waals surface area contributed by atoms with Crippen molar-refractivity contribution >= 4 is 22.7 Å². The standard InChI is InChI=1S/C29H34N2O5/c1-29(2,3)20-13-11-18(12-14-20)24-23(26(33)28(34)31(24)16-8-15-30(4)5)25(32)22-17-19-9-7-10-21(35-6)27(19)36-22/h7,9-14,17,24,33H,8,15-16H2,1-6H3/t24-/m1/s1. The molecule has 4 rings (SSSR count). The van der Waals surface area contributed by atoms with Gasteiger partial charge in [0, 0.05) is 11.9 Å². The van der Waals surface area contributed by atoms with Crippen molar-refractivity contribution in [1.82, 2.24) is 9.80 Å². The van der Waals surface area contributed by atoms with E-state index >= 15 is 0 Å². The second-order valence-corrected chi connectivity index (χ2v) is 10.5. The summed E-state index contributed by atoms with van der Waals surface area (Å²) >= 11 is 0. The predicted octanol–water partition coefficient (Wildman–Crippen LogP) is 5.27. The number of hydrogen-bond donors (Lipinski definition) is 1. The second kappa shape index (κ2) is 9.82. The first-order valence-electron chi connectivity index (χ1n) is 12.1. The summed E-state index contributed by atoms with van der Waals surface area (Å²) in [5.74, 6) is -1.03. The molecule has 0 aliphatic carbocycles. The van der Waals surface area contributed by atoms with E-state index in [1.807, 2.05) is 55.4 Å². The van der Waals surface area contributed by atoms with Crippen LogP contribution in [0.2, 0.25) is 0 Å². The molecule has 7 heteroatoms. The lowest BCUT2D eigenvalue weighted by Gasteiger charge is -2.28. The Morgan fingerprint density at radius 1 is 1.14 bits per heavy atom. The number of carbonyl (C=O) groups is 2. The molecule has 1 N–H and O–H groups in total. The van der Waals surface area contributed by atoms with Crippen molar-refractivity contribution in [2.45, 2.75) is 38.6 Å². The molecule has 3 aromatic rings. The molecule has 2 heterocycles. The molecule has 0 bridgehead atoms. The minimum Gasteiger partial charge on any atom is -0.503 e. The molecular formula is C29H34N2O5. The first-order chi connectivity index (χ1) is 17.0. The molecule has 0 unspecified atom stereocenters. The molecule has 0 radical (unpaired) electrons. The summed E-state index contributed by atoms with van der Waals surface area (Å²) in [5, 5.41) is 11.7. The number of hydrogen-bond acceptors (Lipinski definition) is 6. The zero-order valence-corrected chi connectivity index (χ0v) is 21.8. The second-order valence-electron chi connectivity index (χ2n) is 10.5. The lowest BCUT2D eigenvalue weighted by atomic mass is 9.85. The fourth-order valence-electron chi connectivity index (χ4n) is 4.63. The highest BCUT2D eigenvalue weighted by Crippen LogP contribution is 2.41. The summed E-state index contributed by atoms with van der Waals surface area (Å²) in [6.07, 6.45) is 0.700. The van der Waals surface area contributed by atoms with Crippen molar-refractivity contribution in [2.75, 3.05) is 34.3 Å². The third-order valence-electron chi connectivity index (χ3n) is 6.60. The van der Waals surface area contributed by atoms with Crippen molar-refractivity contribution in [1.29, 1.82) is 0 Å². The van der Waals surface area contributed by atoms with E-state index in [-0.39, 0.29) is 16.7 Å².